The maximum Gasteiger partial charge on any atom is 0.387 e. The molecule has 0 aliphatic carbocycles. The van der Waals surface area contributed by atoms with E-state index < -0.39 is 4.92 Å². The van der Waals surface area contributed by atoms with E-state index >= 15 is 0 Å². The fourth-order valence-corrected chi connectivity index (χ4v) is 2.45. The number of para-hydroxylation sites is 1. The highest BCUT2D eigenvalue weighted by Crippen LogP contribution is 2.34. The van der Waals surface area contributed by atoms with Crippen LogP contribution in [-0.2, 0) is 6.54 Å². The maximum atomic E-state index is 11.2. The Balaban J connectivity index is 2.13. The molecule has 1 N–H and O–H groups in total. The Bertz CT molecular complexity index is 645. The summed E-state index contributed by atoms with van der Waals surface area (Å²) in [6, 6.07) is 11.4. The molecule has 20 heavy (non-hydrogen) atoms. The molecule has 1 aliphatic heterocycles. The third kappa shape index (κ3) is 2.21. The average Bonchev–Trinajstić information content (AvgIpc) is 2.69. The van der Waals surface area contributed by atoms with E-state index in [0.717, 1.165) is 24.3 Å². The van der Waals surface area contributed by atoms with E-state index in [1.807, 2.05) is 29.2 Å². The zero-order chi connectivity index (χ0) is 13.9. The molecule has 2 aromatic rings. The lowest BCUT2D eigenvalue weighted by atomic mass is 10.1. The molecule has 1 aliphatic rings. The number of nitrogens with one attached hydrogen (secondary N) is 1. The van der Waals surface area contributed by atoms with Crippen molar-refractivity contribution >= 4 is 17.2 Å². The molecule has 6 heteroatoms. The van der Waals surface area contributed by atoms with E-state index in [1.165, 1.54) is 6.20 Å². The van der Waals surface area contributed by atoms with Gasteiger partial charge in [0.25, 0.3) is 0 Å². The molecule has 1 aromatic heterocycles. The highest BCUT2D eigenvalue weighted by molar-refractivity contribution is 5.72. The van der Waals surface area contributed by atoms with Gasteiger partial charge in [0.15, 0.2) is 0 Å². The second kappa shape index (κ2) is 5.26. The maximum absolute atomic E-state index is 11.2. The van der Waals surface area contributed by atoms with Crippen LogP contribution in [0.3, 0.4) is 0 Å². The monoisotopic (exact) mass is 270 g/mol. The van der Waals surface area contributed by atoms with Crippen molar-refractivity contribution < 1.29 is 4.92 Å². The molecular formula is C14H14N4O2. The predicted molar refractivity (Wildman–Crippen MR) is 76.0 cm³/mol. The van der Waals surface area contributed by atoms with Crippen molar-refractivity contribution in [3.05, 3.63) is 58.3 Å². The van der Waals surface area contributed by atoms with E-state index in [1.54, 1.807) is 12.1 Å². The van der Waals surface area contributed by atoms with E-state index in [2.05, 4.69) is 10.3 Å². The average molecular weight is 270 g/mol. The molecule has 0 spiro atoms. The second-order valence-electron chi connectivity index (χ2n) is 4.56. The minimum atomic E-state index is -0.434. The third-order valence-corrected chi connectivity index (χ3v) is 3.34. The summed E-state index contributed by atoms with van der Waals surface area (Å²) in [6.07, 6.45) is 1.45. The summed E-state index contributed by atoms with van der Waals surface area (Å²) < 4.78 is 0. The van der Waals surface area contributed by atoms with Crippen molar-refractivity contribution in [1.82, 2.24) is 10.3 Å². The van der Waals surface area contributed by atoms with Crippen LogP contribution in [0, 0.1) is 10.1 Å². The lowest BCUT2D eigenvalue weighted by Gasteiger charge is -2.23. The summed E-state index contributed by atoms with van der Waals surface area (Å²) in [4.78, 5) is 16.6. The lowest BCUT2D eigenvalue weighted by molar-refractivity contribution is -0.388. The predicted octanol–water partition coefficient (Wildman–Crippen LogP) is 2.23. The molecule has 0 fully saturated rings. The smallest absolute Gasteiger partial charge is 0.358 e. The van der Waals surface area contributed by atoms with Crippen LogP contribution in [0.2, 0.25) is 0 Å². The van der Waals surface area contributed by atoms with Gasteiger partial charge in [-0.1, -0.05) is 18.2 Å². The molecule has 0 saturated carbocycles. The number of benzene rings is 1. The Hall–Kier alpha value is -2.47. The van der Waals surface area contributed by atoms with Crippen LogP contribution in [0.1, 0.15) is 5.56 Å². The molecule has 102 valence electrons. The summed E-state index contributed by atoms with van der Waals surface area (Å²) >= 11 is 0. The molecule has 0 unspecified atom stereocenters. The zero-order valence-corrected chi connectivity index (χ0v) is 10.8. The number of aromatic nitrogens is 1. The Morgan fingerprint density at radius 3 is 2.85 bits per heavy atom. The van der Waals surface area contributed by atoms with Gasteiger partial charge in [-0.25, -0.2) is 0 Å². The van der Waals surface area contributed by atoms with Gasteiger partial charge in [0.2, 0.25) is 0 Å². The first-order valence-corrected chi connectivity index (χ1v) is 6.43. The van der Waals surface area contributed by atoms with Crippen molar-refractivity contribution in [2.24, 2.45) is 0 Å². The molecule has 3 rings (SSSR count). The lowest BCUT2D eigenvalue weighted by Crippen LogP contribution is -2.25. The third-order valence-electron chi connectivity index (χ3n) is 3.34. The molecule has 1 aromatic carbocycles. The van der Waals surface area contributed by atoms with Crippen molar-refractivity contribution in [1.29, 1.82) is 0 Å². The van der Waals surface area contributed by atoms with Crippen molar-refractivity contribution in [2.75, 3.05) is 18.0 Å². The molecule has 0 radical (unpaired) electrons. The summed E-state index contributed by atoms with van der Waals surface area (Å²) in [5.41, 5.74) is 2.66. The van der Waals surface area contributed by atoms with Gasteiger partial charge in [-0.2, -0.15) is 0 Å². The van der Waals surface area contributed by atoms with Crippen molar-refractivity contribution in [3.8, 4) is 0 Å². The van der Waals surface area contributed by atoms with E-state index in [9.17, 15) is 10.1 Å². The van der Waals surface area contributed by atoms with Crippen LogP contribution < -0.4 is 10.2 Å². The van der Waals surface area contributed by atoms with Crippen LogP contribution in [0.15, 0.2) is 42.6 Å². The fraction of sp³-hybridized carbons (Fsp3) is 0.214. The Labute approximate surface area is 116 Å². The molecule has 0 atom stereocenters. The first-order chi connectivity index (χ1) is 9.77. The van der Waals surface area contributed by atoms with Gasteiger partial charge in [0.1, 0.15) is 11.9 Å². The summed E-state index contributed by atoms with van der Waals surface area (Å²) in [5, 5.41) is 14.5. The highest BCUT2D eigenvalue weighted by atomic mass is 16.6. The van der Waals surface area contributed by atoms with Crippen molar-refractivity contribution in [2.45, 2.75) is 6.54 Å². The minimum Gasteiger partial charge on any atom is -0.358 e. The van der Waals surface area contributed by atoms with E-state index in [4.69, 9.17) is 0 Å². The van der Waals surface area contributed by atoms with Gasteiger partial charge in [-0.3, -0.25) is 0 Å². The van der Waals surface area contributed by atoms with E-state index in [0.29, 0.717) is 12.2 Å². The SMILES string of the molecule is O=[N+]([O-])c1ncccc1N1CCNCc2ccccc21. The fourth-order valence-electron chi connectivity index (χ4n) is 2.45. The van der Waals surface area contributed by atoms with Crippen molar-refractivity contribution in [3.63, 3.8) is 0 Å². The van der Waals surface area contributed by atoms with Gasteiger partial charge in [0.05, 0.1) is 0 Å². The number of hydrogen-bond donors (Lipinski definition) is 1. The highest BCUT2D eigenvalue weighted by Gasteiger charge is 2.24. The number of nitrogens with zero attached hydrogens (tertiary/aromatic N) is 3. The van der Waals surface area contributed by atoms with Crippen LogP contribution in [-0.4, -0.2) is 23.0 Å². The number of hydrogen-bond acceptors (Lipinski definition) is 5. The van der Waals surface area contributed by atoms with Gasteiger partial charge >= 0.3 is 5.82 Å². The summed E-state index contributed by atoms with van der Waals surface area (Å²) in [7, 11) is 0. The Morgan fingerprint density at radius 2 is 2.00 bits per heavy atom. The molecule has 0 amide bonds. The number of rotatable bonds is 2. The van der Waals surface area contributed by atoms with Crippen LogP contribution >= 0.6 is 0 Å². The van der Waals surface area contributed by atoms with Crippen LogP contribution in [0.25, 0.3) is 0 Å². The first-order valence-electron chi connectivity index (χ1n) is 6.43. The molecule has 0 saturated heterocycles. The van der Waals surface area contributed by atoms with Crippen LogP contribution in [0.4, 0.5) is 17.2 Å². The van der Waals surface area contributed by atoms with Gasteiger partial charge < -0.3 is 20.3 Å². The number of fused-ring (bicyclic) bond motifs is 1. The largest absolute Gasteiger partial charge is 0.387 e. The molecular weight excluding hydrogens is 256 g/mol. The normalized spacial score (nSPS) is 14.5. The summed E-state index contributed by atoms with van der Waals surface area (Å²) in [6.45, 7) is 2.20. The standard InChI is InChI=1S/C14H14N4O2/c19-18(20)14-13(6-3-7-16-14)17-9-8-15-10-11-4-1-2-5-12(11)17/h1-7,15H,8-10H2. The molecule has 2 heterocycles. The number of nitro groups is 1. The quantitative estimate of drug-likeness (QED) is 0.669. The van der Waals surface area contributed by atoms with E-state index in [-0.39, 0.29) is 5.82 Å². The first kappa shape index (κ1) is 12.6. The summed E-state index contributed by atoms with van der Waals surface area (Å²) in [5.74, 6) is -0.107. The molecule has 0 bridgehead atoms. The van der Waals surface area contributed by atoms with Crippen LogP contribution in [0.5, 0.6) is 0 Å². The zero-order valence-electron chi connectivity index (χ0n) is 10.8. The second-order valence-corrected chi connectivity index (χ2v) is 4.56. The Kier molecular flexibility index (Phi) is 3.30. The van der Waals surface area contributed by atoms with Gasteiger partial charge in [0, 0.05) is 25.3 Å². The number of pyridine rings is 1. The topological polar surface area (TPSA) is 71.3 Å². The molecule has 6 nitrogen and oxygen atoms in total. The van der Waals surface area contributed by atoms with Gasteiger partial charge in [-0.05, 0) is 33.7 Å². The Morgan fingerprint density at radius 1 is 1.20 bits per heavy atom. The van der Waals surface area contributed by atoms with Gasteiger partial charge in [-0.15, -0.1) is 0 Å². The number of anilines is 2. The minimum absolute atomic E-state index is 0.107.